The van der Waals surface area contributed by atoms with Crippen LogP contribution >= 0.6 is 0 Å². The van der Waals surface area contributed by atoms with E-state index in [1.807, 2.05) is 38.1 Å². The van der Waals surface area contributed by atoms with E-state index in [0.29, 0.717) is 17.0 Å². The molecule has 2 aromatic carbocycles. The van der Waals surface area contributed by atoms with E-state index >= 15 is 0 Å². The number of amides is 1. The maximum atomic E-state index is 12.8. The lowest BCUT2D eigenvalue weighted by Gasteiger charge is -2.26. The van der Waals surface area contributed by atoms with Crippen LogP contribution in [0.1, 0.15) is 37.8 Å². The highest BCUT2D eigenvalue weighted by molar-refractivity contribution is 5.99. The summed E-state index contributed by atoms with van der Waals surface area (Å²) in [6.07, 6.45) is 0. The number of anilines is 1. The normalized spacial score (nSPS) is 12.3. The third-order valence-electron chi connectivity index (χ3n) is 4.36. The van der Waals surface area contributed by atoms with Gasteiger partial charge in [-0.3, -0.25) is 9.59 Å². The zero-order valence-electron chi connectivity index (χ0n) is 14.9. The van der Waals surface area contributed by atoms with Crippen molar-refractivity contribution in [3.05, 3.63) is 59.7 Å². The van der Waals surface area contributed by atoms with Crippen molar-refractivity contribution >= 4 is 17.6 Å². The SMILES string of the molecule is COc1ccccc1C(C)(C)C(=O)Nc1cccc(C(C)C(=O)O)c1. The van der Waals surface area contributed by atoms with Crippen molar-refractivity contribution in [2.45, 2.75) is 32.1 Å². The summed E-state index contributed by atoms with van der Waals surface area (Å²) >= 11 is 0. The number of carboxylic acids is 1. The van der Waals surface area contributed by atoms with E-state index in [4.69, 9.17) is 9.84 Å². The number of ether oxygens (including phenoxy) is 1. The molecule has 0 spiro atoms. The summed E-state index contributed by atoms with van der Waals surface area (Å²) in [6, 6.07) is 14.3. The number of aliphatic carboxylic acids is 1. The first-order valence-corrected chi connectivity index (χ1v) is 8.05. The summed E-state index contributed by atoms with van der Waals surface area (Å²) in [4.78, 5) is 24.0. The fraction of sp³-hybridized carbons (Fsp3) is 0.300. The van der Waals surface area contributed by atoms with Crippen LogP contribution in [-0.2, 0) is 15.0 Å². The summed E-state index contributed by atoms with van der Waals surface area (Å²) in [5.41, 5.74) is 1.17. The standard InChI is InChI=1S/C20H23NO4/c1-13(18(22)23)14-8-7-9-15(12-14)21-19(24)20(2,3)16-10-5-6-11-17(16)25-4/h5-13H,1-4H3,(H,21,24)(H,22,23). The van der Waals surface area contributed by atoms with Gasteiger partial charge in [0.2, 0.25) is 5.91 Å². The van der Waals surface area contributed by atoms with E-state index < -0.39 is 17.3 Å². The van der Waals surface area contributed by atoms with Crippen LogP contribution in [0.3, 0.4) is 0 Å². The molecule has 2 aromatic rings. The lowest BCUT2D eigenvalue weighted by Crippen LogP contribution is -2.35. The second-order valence-corrected chi connectivity index (χ2v) is 6.46. The highest BCUT2D eigenvalue weighted by Gasteiger charge is 2.32. The number of benzene rings is 2. The number of carbonyl (C=O) groups is 2. The molecule has 5 heteroatoms. The molecule has 0 bridgehead atoms. The van der Waals surface area contributed by atoms with Gasteiger partial charge in [0.25, 0.3) is 0 Å². The first-order chi connectivity index (χ1) is 11.8. The molecule has 0 aliphatic carbocycles. The Kier molecular flexibility index (Phi) is 5.47. The molecule has 0 heterocycles. The van der Waals surface area contributed by atoms with E-state index in [0.717, 1.165) is 5.56 Å². The van der Waals surface area contributed by atoms with Gasteiger partial charge < -0.3 is 15.2 Å². The number of carbonyl (C=O) groups excluding carboxylic acids is 1. The summed E-state index contributed by atoms with van der Waals surface area (Å²) in [7, 11) is 1.57. The van der Waals surface area contributed by atoms with Crippen LogP contribution in [0.2, 0.25) is 0 Å². The average Bonchev–Trinajstić information content (AvgIpc) is 2.61. The minimum Gasteiger partial charge on any atom is -0.496 e. The number of carboxylic acid groups (broad SMARTS) is 1. The molecular weight excluding hydrogens is 318 g/mol. The summed E-state index contributed by atoms with van der Waals surface area (Å²) in [6.45, 7) is 5.26. The fourth-order valence-electron chi connectivity index (χ4n) is 2.60. The highest BCUT2D eigenvalue weighted by atomic mass is 16.5. The average molecular weight is 341 g/mol. The lowest BCUT2D eigenvalue weighted by atomic mass is 9.83. The van der Waals surface area contributed by atoms with E-state index in [-0.39, 0.29) is 5.91 Å². The van der Waals surface area contributed by atoms with E-state index in [1.54, 1.807) is 38.3 Å². The predicted molar refractivity (Wildman–Crippen MR) is 97.1 cm³/mol. The lowest BCUT2D eigenvalue weighted by molar-refractivity contribution is -0.138. The van der Waals surface area contributed by atoms with Gasteiger partial charge in [0, 0.05) is 11.3 Å². The molecule has 25 heavy (non-hydrogen) atoms. The van der Waals surface area contributed by atoms with Crippen LogP contribution in [-0.4, -0.2) is 24.1 Å². The van der Waals surface area contributed by atoms with Gasteiger partial charge in [0.1, 0.15) is 5.75 Å². The van der Waals surface area contributed by atoms with Gasteiger partial charge in [-0.1, -0.05) is 30.3 Å². The first-order valence-electron chi connectivity index (χ1n) is 8.05. The molecule has 0 saturated carbocycles. The Bertz CT molecular complexity index is 783. The number of methoxy groups -OCH3 is 1. The van der Waals surface area contributed by atoms with Gasteiger partial charge in [-0.25, -0.2) is 0 Å². The number of hydrogen-bond acceptors (Lipinski definition) is 3. The molecule has 0 radical (unpaired) electrons. The maximum Gasteiger partial charge on any atom is 0.310 e. The second-order valence-electron chi connectivity index (χ2n) is 6.46. The molecule has 5 nitrogen and oxygen atoms in total. The number of rotatable bonds is 6. The molecule has 1 unspecified atom stereocenters. The van der Waals surface area contributed by atoms with Crippen LogP contribution in [0.4, 0.5) is 5.69 Å². The van der Waals surface area contributed by atoms with Crippen molar-refractivity contribution in [1.29, 1.82) is 0 Å². The van der Waals surface area contributed by atoms with Crippen LogP contribution in [0, 0.1) is 0 Å². The highest BCUT2D eigenvalue weighted by Crippen LogP contribution is 2.32. The molecule has 132 valence electrons. The van der Waals surface area contributed by atoms with Crippen molar-refractivity contribution in [1.82, 2.24) is 0 Å². The van der Waals surface area contributed by atoms with Gasteiger partial charge >= 0.3 is 5.97 Å². The van der Waals surface area contributed by atoms with E-state index in [1.165, 1.54) is 0 Å². The Morgan fingerprint density at radius 2 is 1.80 bits per heavy atom. The zero-order valence-corrected chi connectivity index (χ0v) is 14.9. The smallest absolute Gasteiger partial charge is 0.310 e. The second kappa shape index (κ2) is 7.38. The molecule has 1 atom stereocenters. The molecular formula is C20H23NO4. The predicted octanol–water partition coefficient (Wildman–Crippen LogP) is 3.80. The topological polar surface area (TPSA) is 75.6 Å². The molecule has 0 saturated heterocycles. The summed E-state index contributed by atoms with van der Waals surface area (Å²) < 4.78 is 5.36. The molecule has 0 aliphatic heterocycles. The van der Waals surface area contributed by atoms with Crippen molar-refractivity contribution < 1.29 is 19.4 Å². The van der Waals surface area contributed by atoms with Gasteiger partial charge in [-0.2, -0.15) is 0 Å². The van der Waals surface area contributed by atoms with Gasteiger partial charge in [-0.15, -0.1) is 0 Å². The minimum atomic E-state index is -0.905. The van der Waals surface area contributed by atoms with Crippen molar-refractivity contribution in [2.24, 2.45) is 0 Å². The molecule has 0 aromatic heterocycles. The number of hydrogen-bond donors (Lipinski definition) is 2. The minimum absolute atomic E-state index is 0.197. The van der Waals surface area contributed by atoms with Crippen molar-refractivity contribution in [3.63, 3.8) is 0 Å². The van der Waals surface area contributed by atoms with E-state index in [9.17, 15) is 9.59 Å². The van der Waals surface area contributed by atoms with Crippen LogP contribution < -0.4 is 10.1 Å². The summed E-state index contributed by atoms with van der Waals surface area (Å²) in [5, 5.41) is 12.0. The third-order valence-corrected chi connectivity index (χ3v) is 4.36. The first kappa shape index (κ1) is 18.5. The largest absolute Gasteiger partial charge is 0.496 e. The van der Waals surface area contributed by atoms with Crippen molar-refractivity contribution in [2.75, 3.05) is 12.4 Å². The molecule has 0 aliphatic rings. The molecule has 2 N–H and O–H groups in total. The molecule has 2 rings (SSSR count). The summed E-state index contributed by atoms with van der Waals surface area (Å²) in [5.74, 6) is -1.09. The Morgan fingerprint density at radius 3 is 2.44 bits per heavy atom. The quantitative estimate of drug-likeness (QED) is 0.838. The van der Waals surface area contributed by atoms with Crippen molar-refractivity contribution in [3.8, 4) is 5.75 Å². The van der Waals surface area contributed by atoms with Gasteiger partial charge in [0.15, 0.2) is 0 Å². The number of para-hydroxylation sites is 1. The van der Waals surface area contributed by atoms with E-state index in [2.05, 4.69) is 5.32 Å². The van der Waals surface area contributed by atoms with Crippen LogP contribution in [0.5, 0.6) is 5.75 Å². The Morgan fingerprint density at radius 1 is 1.12 bits per heavy atom. The Balaban J connectivity index is 2.27. The number of nitrogens with one attached hydrogen (secondary N) is 1. The zero-order chi connectivity index (χ0) is 18.6. The van der Waals surface area contributed by atoms with Gasteiger partial charge in [-0.05, 0) is 44.5 Å². The fourth-order valence-corrected chi connectivity index (χ4v) is 2.60. The monoisotopic (exact) mass is 341 g/mol. The third kappa shape index (κ3) is 3.99. The Labute approximate surface area is 147 Å². The van der Waals surface area contributed by atoms with Crippen LogP contribution in [0.15, 0.2) is 48.5 Å². The Hall–Kier alpha value is -2.82. The maximum absolute atomic E-state index is 12.8. The van der Waals surface area contributed by atoms with Gasteiger partial charge in [0.05, 0.1) is 18.4 Å². The molecule has 1 amide bonds. The van der Waals surface area contributed by atoms with Crippen LogP contribution in [0.25, 0.3) is 0 Å². The molecule has 0 fully saturated rings.